The highest BCUT2D eigenvalue weighted by molar-refractivity contribution is 6.05. The van der Waals surface area contributed by atoms with Crippen molar-refractivity contribution in [2.75, 3.05) is 5.32 Å². The predicted molar refractivity (Wildman–Crippen MR) is 99.1 cm³/mol. The topological polar surface area (TPSA) is 103 Å². The minimum Gasteiger partial charge on any atom is -0.456 e. The lowest BCUT2D eigenvalue weighted by molar-refractivity contribution is -0.384. The van der Waals surface area contributed by atoms with E-state index in [4.69, 9.17) is 9.15 Å². The van der Waals surface area contributed by atoms with Crippen LogP contribution in [0.25, 0.3) is 21.9 Å². The van der Waals surface area contributed by atoms with Crippen LogP contribution in [0.1, 0.15) is 12.8 Å². The van der Waals surface area contributed by atoms with E-state index in [0.717, 1.165) is 34.8 Å². The fraction of sp³-hybridized carbons (Fsp3) is 0.158. The SMILES string of the molecule is O=[N+]([O-])c1cnc(Oc2ccc3oc4ccccc4c3c2)nc1NC1CC1. The molecule has 2 heterocycles. The average molecular weight is 362 g/mol. The minimum absolute atomic E-state index is 0.0518. The van der Waals surface area contributed by atoms with Crippen molar-refractivity contribution in [2.24, 2.45) is 0 Å². The Morgan fingerprint density at radius 1 is 1.15 bits per heavy atom. The van der Waals surface area contributed by atoms with Crippen LogP contribution < -0.4 is 10.1 Å². The standard InChI is InChI=1S/C19H14N4O4/c24-23(25)15-10-20-19(22-18(15)21-11-5-6-11)26-12-7-8-17-14(9-12)13-3-1-2-4-16(13)27-17/h1-4,7-11H,5-6H2,(H,20,21,22). The molecule has 0 saturated heterocycles. The molecule has 1 fully saturated rings. The Balaban J connectivity index is 1.50. The number of nitrogens with zero attached hydrogens (tertiary/aromatic N) is 3. The van der Waals surface area contributed by atoms with Gasteiger partial charge in [-0.3, -0.25) is 10.1 Å². The molecule has 1 saturated carbocycles. The summed E-state index contributed by atoms with van der Waals surface area (Å²) in [5.41, 5.74) is 1.39. The third-order valence-electron chi connectivity index (χ3n) is 4.42. The van der Waals surface area contributed by atoms with Crippen LogP contribution in [0.15, 0.2) is 53.1 Å². The molecule has 0 bridgehead atoms. The highest BCUT2D eigenvalue weighted by Crippen LogP contribution is 2.34. The van der Waals surface area contributed by atoms with Crippen molar-refractivity contribution in [3.8, 4) is 11.8 Å². The number of rotatable bonds is 5. The molecule has 0 atom stereocenters. The second-order valence-electron chi connectivity index (χ2n) is 6.42. The number of aromatic nitrogens is 2. The molecule has 0 amide bonds. The first kappa shape index (κ1) is 15.6. The first-order valence-electron chi connectivity index (χ1n) is 8.54. The van der Waals surface area contributed by atoms with Gasteiger partial charge < -0.3 is 14.5 Å². The lowest BCUT2D eigenvalue weighted by Gasteiger charge is -2.07. The van der Waals surface area contributed by atoms with E-state index in [-0.39, 0.29) is 23.6 Å². The van der Waals surface area contributed by atoms with Crippen LogP contribution in [-0.4, -0.2) is 20.9 Å². The van der Waals surface area contributed by atoms with Crippen LogP contribution in [0.5, 0.6) is 11.8 Å². The second-order valence-corrected chi connectivity index (χ2v) is 6.42. The van der Waals surface area contributed by atoms with E-state index >= 15 is 0 Å². The molecule has 1 aliphatic rings. The van der Waals surface area contributed by atoms with Gasteiger partial charge in [-0.25, -0.2) is 0 Å². The number of nitro groups is 1. The van der Waals surface area contributed by atoms with Gasteiger partial charge in [0, 0.05) is 16.8 Å². The second kappa shape index (κ2) is 5.94. The van der Waals surface area contributed by atoms with Gasteiger partial charge in [0.2, 0.25) is 5.82 Å². The van der Waals surface area contributed by atoms with E-state index in [9.17, 15) is 10.1 Å². The summed E-state index contributed by atoms with van der Waals surface area (Å²) in [6.45, 7) is 0. The number of anilines is 1. The molecule has 27 heavy (non-hydrogen) atoms. The summed E-state index contributed by atoms with van der Waals surface area (Å²) in [5, 5.41) is 16.1. The maximum Gasteiger partial charge on any atom is 0.329 e. The Bertz CT molecular complexity index is 1180. The summed E-state index contributed by atoms with van der Waals surface area (Å²) in [6, 6.07) is 13.4. The summed E-state index contributed by atoms with van der Waals surface area (Å²) in [5.74, 6) is 0.711. The van der Waals surface area contributed by atoms with Crippen LogP contribution in [0.4, 0.5) is 11.5 Å². The largest absolute Gasteiger partial charge is 0.456 e. The molecule has 4 aromatic rings. The number of hydrogen-bond acceptors (Lipinski definition) is 7. The third kappa shape index (κ3) is 2.91. The van der Waals surface area contributed by atoms with Crippen LogP contribution in [0.2, 0.25) is 0 Å². The molecule has 0 radical (unpaired) electrons. The van der Waals surface area contributed by atoms with Crippen molar-refractivity contribution in [3.63, 3.8) is 0 Å². The van der Waals surface area contributed by atoms with Crippen molar-refractivity contribution in [1.29, 1.82) is 0 Å². The third-order valence-corrected chi connectivity index (χ3v) is 4.42. The van der Waals surface area contributed by atoms with E-state index in [2.05, 4.69) is 15.3 Å². The normalized spacial score (nSPS) is 13.8. The summed E-state index contributed by atoms with van der Waals surface area (Å²) in [4.78, 5) is 18.8. The number of fused-ring (bicyclic) bond motifs is 3. The van der Waals surface area contributed by atoms with Gasteiger partial charge in [-0.15, -0.1) is 0 Å². The number of hydrogen-bond donors (Lipinski definition) is 1. The van der Waals surface area contributed by atoms with Gasteiger partial charge >= 0.3 is 11.7 Å². The molecule has 0 unspecified atom stereocenters. The number of para-hydroxylation sites is 1. The van der Waals surface area contributed by atoms with Crippen LogP contribution >= 0.6 is 0 Å². The van der Waals surface area contributed by atoms with Crippen molar-refractivity contribution < 1.29 is 14.1 Å². The zero-order valence-corrected chi connectivity index (χ0v) is 14.1. The highest BCUT2D eigenvalue weighted by Gasteiger charge is 2.27. The molecular weight excluding hydrogens is 348 g/mol. The first-order valence-corrected chi connectivity index (χ1v) is 8.54. The van der Waals surface area contributed by atoms with Gasteiger partial charge in [-0.1, -0.05) is 18.2 Å². The highest BCUT2D eigenvalue weighted by atomic mass is 16.6. The predicted octanol–water partition coefficient (Wildman–Crippen LogP) is 4.65. The zero-order valence-electron chi connectivity index (χ0n) is 14.1. The maximum atomic E-state index is 11.2. The van der Waals surface area contributed by atoms with Crippen LogP contribution in [0, 0.1) is 10.1 Å². The Labute approximate surface area is 152 Å². The van der Waals surface area contributed by atoms with Gasteiger partial charge in [-0.2, -0.15) is 9.97 Å². The Kier molecular flexibility index (Phi) is 3.43. The quantitative estimate of drug-likeness (QED) is 0.407. The monoisotopic (exact) mass is 362 g/mol. The van der Waals surface area contributed by atoms with Crippen molar-refractivity contribution in [1.82, 2.24) is 9.97 Å². The van der Waals surface area contributed by atoms with E-state index in [1.165, 1.54) is 6.20 Å². The number of benzene rings is 2. The molecule has 0 spiro atoms. The summed E-state index contributed by atoms with van der Waals surface area (Å²) in [7, 11) is 0. The Hall–Kier alpha value is -3.68. The van der Waals surface area contributed by atoms with Gasteiger partial charge in [0.05, 0.1) is 4.92 Å². The number of furan rings is 1. The molecular formula is C19H14N4O4. The van der Waals surface area contributed by atoms with Crippen LogP contribution in [0.3, 0.4) is 0 Å². The van der Waals surface area contributed by atoms with Crippen LogP contribution in [-0.2, 0) is 0 Å². The maximum absolute atomic E-state index is 11.2. The fourth-order valence-electron chi connectivity index (χ4n) is 2.94. The van der Waals surface area contributed by atoms with Gasteiger partial charge in [0.25, 0.3) is 0 Å². The van der Waals surface area contributed by atoms with Crippen molar-refractivity contribution >= 4 is 33.4 Å². The summed E-state index contributed by atoms with van der Waals surface area (Å²) < 4.78 is 11.6. The molecule has 134 valence electrons. The van der Waals surface area contributed by atoms with E-state index in [1.54, 1.807) is 6.07 Å². The Morgan fingerprint density at radius 3 is 2.78 bits per heavy atom. The molecule has 0 aliphatic heterocycles. The first-order chi connectivity index (χ1) is 13.2. The van der Waals surface area contributed by atoms with Gasteiger partial charge in [0.1, 0.15) is 23.1 Å². The van der Waals surface area contributed by atoms with Gasteiger partial charge in [-0.05, 0) is 37.1 Å². The average Bonchev–Trinajstić information content (AvgIpc) is 3.40. The van der Waals surface area contributed by atoms with Gasteiger partial charge in [0.15, 0.2) is 0 Å². The smallest absolute Gasteiger partial charge is 0.329 e. The molecule has 8 heteroatoms. The molecule has 5 rings (SSSR count). The molecule has 2 aromatic carbocycles. The van der Waals surface area contributed by atoms with E-state index < -0.39 is 4.92 Å². The minimum atomic E-state index is -0.502. The lowest BCUT2D eigenvalue weighted by atomic mass is 10.1. The zero-order chi connectivity index (χ0) is 18.4. The summed E-state index contributed by atoms with van der Waals surface area (Å²) in [6.07, 6.45) is 3.11. The van der Waals surface area contributed by atoms with Crippen molar-refractivity contribution in [2.45, 2.75) is 18.9 Å². The van der Waals surface area contributed by atoms with Crippen molar-refractivity contribution in [3.05, 3.63) is 58.8 Å². The number of nitrogens with one attached hydrogen (secondary N) is 1. The fourth-order valence-corrected chi connectivity index (χ4v) is 2.94. The lowest BCUT2D eigenvalue weighted by Crippen LogP contribution is -2.07. The molecule has 8 nitrogen and oxygen atoms in total. The van der Waals surface area contributed by atoms with E-state index in [1.807, 2.05) is 36.4 Å². The Morgan fingerprint density at radius 2 is 1.96 bits per heavy atom. The molecule has 1 N–H and O–H groups in total. The molecule has 1 aliphatic carbocycles. The van der Waals surface area contributed by atoms with E-state index in [0.29, 0.717) is 5.75 Å². The number of ether oxygens (including phenoxy) is 1. The summed E-state index contributed by atoms with van der Waals surface area (Å²) >= 11 is 0. The molecule has 2 aromatic heterocycles.